The van der Waals surface area contributed by atoms with Crippen LogP contribution in [0.15, 0.2) is 12.4 Å². The van der Waals surface area contributed by atoms with Crippen LogP contribution in [0.5, 0.6) is 11.8 Å². The molecule has 2 N–H and O–H groups in total. The van der Waals surface area contributed by atoms with E-state index in [0.29, 0.717) is 18.4 Å². The Morgan fingerprint density at radius 2 is 2.06 bits per heavy atom. The predicted octanol–water partition coefficient (Wildman–Crippen LogP) is 1.52. The number of nitrogens with zero attached hydrogens (tertiary/aromatic N) is 2. The molecule has 0 spiro atoms. The van der Waals surface area contributed by atoms with Crippen LogP contribution < -0.4 is 15.2 Å². The summed E-state index contributed by atoms with van der Waals surface area (Å²) in [5.41, 5.74) is 6.02. The molecule has 2 unspecified atom stereocenters. The fourth-order valence-corrected chi connectivity index (χ4v) is 2.03. The zero-order chi connectivity index (χ0) is 12.1. The van der Waals surface area contributed by atoms with E-state index in [4.69, 9.17) is 15.2 Å². The normalized spacial score (nSPS) is 24.4. The second-order valence-corrected chi connectivity index (χ2v) is 4.23. The molecule has 1 saturated carbocycles. The SMILES string of the molecule is CCOc1cncc(OC2CCCCC2N)n1. The highest BCUT2D eigenvalue weighted by Gasteiger charge is 2.23. The lowest BCUT2D eigenvalue weighted by Gasteiger charge is -2.28. The largest absolute Gasteiger partial charge is 0.477 e. The second-order valence-electron chi connectivity index (χ2n) is 4.23. The van der Waals surface area contributed by atoms with Gasteiger partial charge in [0.15, 0.2) is 0 Å². The van der Waals surface area contributed by atoms with Crippen LogP contribution in [-0.4, -0.2) is 28.7 Å². The fraction of sp³-hybridized carbons (Fsp3) is 0.667. The van der Waals surface area contributed by atoms with Crippen molar-refractivity contribution in [2.45, 2.75) is 44.8 Å². The molecule has 5 heteroatoms. The lowest BCUT2D eigenvalue weighted by Crippen LogP contribution is -2.41. The molecule has 0 bridgehead atoms. The molecular weight excluding hydrogens is 218 g/mol. The number of nitrogens with two attached hydrogens (primary N) is 1. The van der Waals surface area contributed by atoms with Crippen LogP contribution in [-0.2, 0) is 0 Å². The van der Waals surface area contributed by atoms with Gasteiger partial charge in [-0.15, -0.1) is 0 Å². The minimum Gasteiger partial charge on any atom is -0.477 e. The predicted molar refractivity (Wildman–Crippen MR) is 64.1 cm³/mol. The van der Waals surface area contributed by atoms with Crippen LogP contribution in [0.25, 0.3) is 0 Å². The molecule has 2 rings (SSSR count). The van der Waals surface area contributed by atoms with Gasteiger partial charge in [0, 0.05) is 6.04 Å². The van der Waals surface area contributed by atoms with Crippen LogP contribution in [0, 0.1) is 0 Å². The van der Waals surface area contributed by atoms with Gasteiger partial charge in [0.2, 0.25) is 11.8 Å². The van der Waals surface area contributed by atoms with Gasteiger partial charge in [-0.25, -0.2) is 0 Å². The average Bonchev–Trinajstić information content (AvgIpc) is 2.33. The van der Waals surface area contributed by atoms with Gasteiger partial charge in [-0.1, -0.05) is 6.42 Å². The molecule has 1 aromatic rings. The highest BCUT2D eigenvalue weighted by atomic mass is 16.5. The van der Waals surface area contributed by atoms with E-state index in [1.54, 1.807) is 12.4 Å². The third-order valence-corrected chi connectivity index (χ3v) is 2.91. The molecule has 0 aliphatic heterocycles. The molecule has 17 heavy (non-hydrogen) atoms. The zero-order valence-corrected chi connectivity index (χ0v) is 10.1. The summed E-state index contributed by atoms with van der Waals surface area (Å²) >= 11 is 0. The highest BCUT2D eigenvalue weighted by Crippen LogP contribution is 2.22. The maximum absolute atomic E-state index is 6.02. The molecule has 1 aliphatic rings. The van der Waals surface area contributed by atoms with Crippen LogP contribution in [0.4, 0.5) is 0 Å². The number of hydrogen-bond acceptors (Lipinski definition) is 5. The summed E-state index contributed by atoms with van der Waals surface area (Å²) < 4.78 is 11.1. The molecule has 1 heterocycles. The molecule has 94 valence electrons. The summed E-state index contributed by atoms with van der Waals surface area (Å²) in [6.07, 6.45) is 7.59. The van der Waals surface area contributed by atoms with Crippen molar-refractivity contribution in [3.8, 4) is 11.8 Å². The number of aromatic nitrogens is 2. The van der Waals surface area contributed by atoms with Gasteiger partial charge in [-0.05, 0) is 26.2 Å². The molecule has 2 atom stereocenters. The van der Waals surface area contributed by atoms with E-state index in [2.05, 4.69) is 9.97 Å². The Morgan fingerprint density at radius 3 is 2.82 bits per heavy atom. The summed E-state index contributed by atoms with van der Waals surface area (Å²) in [4.78, 5) is 8.27. The molecule has 1 aromatic heterocycles. The smallest absolute Gasteiger partial charge is 0.235 e. The summed E-state index contributed by atoms with van der Waals surface area (Å²) in [5.74, 6) is 0.993. The van der Waals surface area contributed by atoms with Gasteiger partial charge >= 0.3 is 0 Å². The van der Waals surface area contributed by atoms with Crippen molar-refractivity contribution in [1.82, 2.24) is 9.97 Å². The summed E-state index contributed by atoms with van der Waals surface area (Å²) in [5, 5.41) is 0. The van der Waals surface area contributed by atoms with Gasteiger partial charge in [0.1, 0.15) is 6.10 Å². The third kappa shape index (κ3) is 3.30. The second kappa shape index (κ2) is 5.82. The van der Waals surface area contributed by atoms with Crippen molar-refractivity contribution < 1.29 is 9.47 Å². The first-order valence-electron chi connectivity index (χ1n) is 6.16. The van der Waals surface area contributed by atoms with Gasteiger partial charge in [-0.3, -0.25) is 4.98 Å². The first kappa shape index (κ1) is 12.1. The van der Waals surface area contributed by atoms with Gasteiger partial charge < -0.3 is 15.2 Å². The minimum atomic E-state index is 0.0509. The first-order chi connectivity index (χ1) is 8.29. The molecule has 0 radical (unpaired) electrons. The molecule has 0 saturated heterocycles. The van der Waals surface area contributed by atoms with E-state index in [-0.39, 0.29) is 12.1 Å². The standard InChI is InChI=1S/C12H19N3O2/c1-2-16-11-7-14-8-12(15-11)17-10-6-4-3-5-9(10)13/h7-10H,2-6,13H2,1H3. The van der Waals surface area contributed by atoms with Crippen molar-refractivity contribution in [3.05, 3.63) is 12.4 Å². The lowest BCUT2D eigenvalue weighted by molar-refractivity contribution is 0.125. The Kier molecular flexibility index (Phi) is 4.14. The average molecular weight is 237 g/mol. The molecule has 5 nitrogen and oxygen atoms in total. The Labute approximate surface area is 101 Å². The van der Waals surface area contributed by atoms with Crippen molar-refractivity contribution in [2.24, 2.45) is 5.73 Å². The van der Waals surface area contributed by atoms with Gasteiger partial charge in [0.05, 0.1) is 19.0 Å². The van der Waals surface area contributed by atoms with Crippen LogP contribution in [0.2, 0.25) is 0 Å². The first-order valence-corrected chi connectivity index (χ1v) is 6.16. The Balaban J connectivity index is 1.99. The lowest BCUT2D eigenvalue weighted by atomic mass is 9.93. The Morgan fingerprint density at radius 1 is 1.29 bits per heavy atom. The van der Waals surface area contributed by atoms with Crippen LogP contribution in [0.3, 0.4) is 0 Å². The van der Waals surface area contributed by atoms with E-state index in [9.17, 15) is 0 Å². The summed E-state index contributed by atoms with van der Waals surface area (Å²) in [6.45, 7) is 2.48. The maximum Gasteiger partial charge on any atom is 0.235 e. The molecule has 0 amide bonds. The van der Waals surface area contributed by atoms with Crippen molar-refractivity contribution in [1.29, 1.82) is 0 Å². The van der Waals surface area contributed by atoms with E-state index in [0.717, 1.165) is 19.3 Å². The molecule has 0 aromatic carbocycles. The van der Waals surface area contributed by atoms with E-state index < -0.39 is 0 Å². The van der Waals surface area contributed by atoms with Crippen molar-refractivity contribution in [3.63, 3.8) is 0 Å². The van der Waals surface area contributed by atoms with Crippen molar-refractivity contribution >= 4 is 0 Å². The Bertz CT molecular complexity index is 359. The third-order valence-electron chi connectivity index (χ3n) is 2.91. The number of rotatable bonds is 4. The summed E-state index contributed by atoms with van der Waals surface area (Å²) in [7, 11) is 0. The summed E-state index contributed by atoms with van der Waals surface area (Å²) in [6, 6.07) is 0.0984. The van der Waals surface area contributed by atoms with E-state index in [1.807, 2.05) is 6.92 Å². The molecule has 1 fully saturated rings. The van der Waals surface area contributed by atoms with Gasteiger partial charge in [-0.2, -0.15) is 4.98 Å². The zero-order valence-electron chi connectivity index (χ0n) is 10.1. The van der Waals surface area contributed by atoms with Gasteiger partial charge in [0.25, 0.3) is 0 Å². The molecular formula is C12H19N3O2. The van der Waals surface area contributed by atoms with Crippen LogP contribution >= 0.6 is 0 Å². The van der Waals surface area contributed by atoms with Crippen molar-refractivity contribution in [2.75, 3.05) is 6.61 Å². The maximum atomic E-state index is 6.02. The monoisotopic (exact) mass is 237 g/mol. The fourth-order valence-electron chi connectivity index (χ4n) is 2.03. The van der Waals surface area contributed by atoms with E-state index in [1.165, 1.54) is 6.42 Å². The minimum absolute atomic E-state index is 0.0509. The number of ether oxygens (including phenoxy) is 2. The van der Waals surface area contributed by atoms with E-state index >= 15 is 0 Å². The topological polar surface area (TPSA) is 70.3 Å². The molecule has 1 aliphatic carbocycles. The Hall–Kier alpha value is -1.36. The quantitative estimate of drug-likeness (QED) is 0.859. The highest BCUT2D eigenvalue weighted by molar-refractivity contribution is 5.13. The number of hydrogen-bond donors (Lipinski definition) is 1. The van der Waals surface area contributed by atoms with Crippen LogP contribution in [0.1, 0.15) is 32.6 Å².